The molecule has 0 fully saturated rings. The molecule has 0 saturated carbocycles. The Hall–Kier alpha value is -1.77. The van der Waals surface area contributed by atoms with Crippen LogP contribution in [0.4, 0.5) is 0 Å². The van der Waals surface area contributed by atoms with Gasteiger partial charge in [0.1, 0.15) is 5.75 Å². The number of aliphatic carboxylic acids is 1. The number of carboxylic acid groups (broad SMARTS) is 1. The second-order valence-corrected chi connectivity index (χ2v) is 4.03. The molecule has 0 spiro atoms. The van der Waals surface area contributed by atoms with E-state index in [1.807, 2.05) is 32.0 Å². The Bertz CT molecular complexity index is 421. The predicted molar refractivity (Wildman–Crippen MR) is 68.2 cm³/mol. The fourth-order valence-electron chi connectivity index (χ4n) is 1.39. The van der Waals surface area contributed by atoms with Crippen molar-refractivity contribution in [2.45, 2.75) is 33.3 Å². The van der Waals surface area contributed by atoms with Crippen LogP contribution in [0, 0.1) is 6.92 Å². The van der Waals surface area contributed by atoms with Crippen LogP contribution in [0.25, 0.3) is 6.08 Å². The topological polar surface area (TPSA) is 46.5 Å². The minimum Gasteiger partial charge on any atom is -0.491 e. The molecule has 0 saturated heterocycles. The molecule has 1 aromatic rings. The molecule has 1 rings (SSSR count). The fourth-order valence-corrected chi connectivity index (χ4v) is 1.39. The first-order valence-corrected chi connectivity index (χ1v) is 5.71. The van der Waals surface area contributed by atoms with Gasteiger partial charge in [-0.2, -0.15) is 0 Å². The fraction of sp³-hybridized carbons (Fsp3) is 0.357. The first kappa shape index (κ1) is 13.3. The third-order valence-electron chi connectivity index (χ3n) is 2.56. The molecule has 3 nitrogen and oxygen atoms in total. The molecule has 0 amide bonds. The van der Waals surface area contributed by atoms with Crippen molar-refractivity contribution in [2.75, 3.05) is 0 Å². The van der Waals surface area contributed by atoms with Gasteiger partial charge in [-0.15, -0.1) is 0 Å². The lowest BCUT2D eigenvalue weighted by Gasteiger charge is -2.13. The summed E-state index contributed by atoms with van der Waals surface area (Å²) in [4.78, 5) is 10.4. The number of rotatable bonds is 5. The van der Waals surface area contributed by atoms with Gasteiger partial charge in [-0.1, -0.05) is 13.0 Å². The minimum atomic E-state index is -0.940. The average molecular weight is 234 g/mol. The van der Waals surface area contributed by atoms with Gasteiger partial charge in [0.25, 0.3) is 0 Å². The smallest absolute Gasteiger partial charge is 0.328 e. The van der Waals surface area contributed by atoms with E-state index in [1.165, 1.54) is 0 Å². The monoisotopic (exact) mass is 234 g/mol. The summed E-state index contributed by atoms with van der Waals surface area (Å²) < 4.78 is 5.68. The maximum atomic E-state index is 10.4. The van der Waals surface area contributed by atoms with Crippen molar-refractivity contribution in [3.05, 3.63) is 35.4 Å². The van der Waals surface area contributed by atoms with E-state index in [1.54, 1.807) is 6.08 Å². The molecule has 0 radical (unpaired) electrons. The van der Waals surface area contributed by atoms with Crippen molar-refractivity contribution < 1.29 is 14.6 Å². The lowest BCUT2D eigenvalue weighted by atomic mass is 10.1. The van der Waals surface area contributed by atoms with Crippen molar-refractivity contribution in [3.8, 4) is 5.75 Å². The summed E-state index contributed by atoms with van der Waals surface area (Å²) >= 11 is 0. The second-order valence-electron chi connectivity index (χ2n) is 4.03. The highest BCUT2D eigenvalue weighted by Crippen LogP contribution is 2.20. The molecule has 0 aliphatic heterocycles. The Kier molecular flexibility index (Phi) is 4.76. The summed E-state index contributed by atoms with van der Waals surface area (Å²) in [6.45, 7) is 6.03. The Morgan fingerprint density at radius 3 is 2.76 bits per heavy atom. The molecule has 0 aliphatic rings. The van der Waals surface area contributed by atoms with Crippen molar-refractivity contribution in [1.29, 1.82) is 0 Å². The number of carbonyl (C=O) groups is 1. The summed E-state index contributed by atoms with van der Waals surface area (Å²) in [7, 11) is 0. The SMILES string of the molecule is CCC(C)Oc1ccc(/C=C/C(=O)O)c(C)c1. The highest BCUT2D eigenvalue weighted by Gasteiger charge is 2.03. The van der Waals surface area contributed by atoms with Crippen LogP contribution in [-0.2, 0) is 4.79 Å². The molecule has 3 heteroatoms. The average Bonchev–Trinajstić information content (AvgIpc) is 2.27. The number of benzene rings is 1. The summed E-state index contributed by atoms with van der Waals surface area (Å²) in [6.07, 6.45) is 3.87. The lowest BCUT2D eigenvalue weighted by molar-refractivity contribution is -0.131. The summed E-state index contributed by atoms with van der Waals surface area (Å²) in [5.41, 5.74) is 1.90. The van der Waals surface area contributed by atoms with Crippen LogP contribution in [0.1, 0.15) is 31.4 Å². The lowest BCUT2D eigenvalue weighted by Crippen LogP contribution is -2.09. The molecule has 1 N–H and O–H groups in total. The van der Waals surface area contributed by atoms with Crippen molar-refractivity contribution in [2.24, 2.45) is 0 Å². The van der Waals surface area contributed by atoms with E-state index in [0.717, 1.165) is 29.4 Å². The maximum absolute atomic E-state index is 10.4. The second kappa shape index (κ2) is 6.09. The van der Waals surface area contributed by atoms with Gasteiger partial charge in [-0.05, 0) is 49.6 Å². The van der Waals surface area contributed by atoms with Crippen LogP contribution in [0.3, 0.4) is 0 Å². The van der Waals surface area contributed by atoms with Crippen molar-refractivity contribution in [3.63, 3.8) is 0 Å². The Balaban J connectivity index is 2.82. The molecule has 17 heavy (non-hydrogen) atoms. The van der Waals surface area contributed by atoms with Gasteiger partial charge in [0, 0.05) is 6.08 Å². The molecule has 0 aromatic heterocycles. The number of hydrogen-bond donors (Lipinski definition) is 1. The number of aryl methyl sites for hydroxylation is 1. The molecule has 92 valence electrons. The predicted octanol–water partition coefficient (Wildman–Crippen LogP) is 3.27. The Morgan fingerprint density at radius 2 is 2.24 bits per heavy atom. The largest absolute Gasteiger partial charge is 0.491 e. The van der Waals surface area contributed by atoms with Crippen molar-refractivity contribution >= 4 is 12.0 Å². The maximum Gasteiger partial charge on any atom is 0.328 e. The highest BCUT2D eigenvalue weighted by atomic mass is 16.5. The van der Waals surface area contributed by atoms with E-state index in [0.29, 0.717) is 0 Å². The summed E-state index contributed by atoms with van der Waals surface area (Å²) in [5.74, 6) is -0.117. The van der Waals surface area contributed by atoms with E-state index >= 15 is 0 Å². The van der Waals surface area contributed by atoms with Gasteiger partial charge in [0.15, 0.2) is 0 Å². The van der Waals surface area contributed by atoms with E-state index in [9.17, 15) is 4.79 Å². The zero-order valence-electron chi connectivity index (χ0n) is 10.4. The molecule has 1 unspecified atom stereocenters. The molecule has 0 heterocycles. The van der Waals surface area contributed by atoms with Crippen LogP contribution in [0.15, 0.2) is 24.3 Å². The van der Waals surface area contributed by atoms with Gasteiger partial charge in [0.05, 0.1) is 6.10 Å². The van der Waals surface area contributed by atoms with Gasteiger partial charge in [-0.3, -0.25) is 0 Å². The number of hydrogen-bond acceptors (Lipinski definition) is 2. The van der Waals surface area contributed by atoms with E-state index in [-0.39, 0.29) is 6.10 Å². The first-order chi connectivity index (χ1) is 8.02. The van der Waals surface area contributed by atoms with E-state index in [2.05, 4.69) is 6.92 Å². The molecule has 1 atom stereocenters. The van der Waals surface area contributed by atoms with Crippen LogP contribution in [0.5, 0.6) is 5.75 Å². The quantitative estimate of drug-likeness (QED) is 0.795. The van der Waals surface area contributed by atoms with E-state index in [4.69, 9.17) is 9.84 Å². The molecule has 0 bridgehead atoms. The minimum absolute atomic E-state index is 0.190. The standard InChI is InChI=1S/C14H18O3/c1-4-11(3)17-13-7-5-12(10(2)9-13)6-8-14(15)16/h5-9,11H,4H2,1-3H3,(H,15,16)/b8-6+. The zero-order chi connectivity index (χ0) is 12.8. The summed E-state index contributed by atoms with van der Waals surface area (Å²) in [5, 5.41) is 8.56. The van der Waals surface area contributed by atoms with Gasteiger partial charge in [0.2, 0.25) is 0 Å². The van der Waals surface area contributed by atoms with Crippen molar-refractivity contribution in [1.82, 2.24) is 0 Å². The van der Waals surface area contributed by atoms with Gasteiger partial charge < -0.3 is 9.84 Å². The molecule has 0 aliphatic carbocycles. The highest BCUT2D eigenvalue weighted by molar-refractivity contribution is 5.85. The van der Waals surface area contributed by atoms with Gasteiger partial charge in [-0.25, -0.2) is 4.79 Å². The number of carboxylic acids is 1. The third kappa shape index (κ3) is 4.31. The Labute approximate surface area is 102 Å². The molecular weight excluding hydrogens is 216 g/mol. The van der Waals surface area contributed by atoms with Gasteiger partial charge >= 0.3 is 5.97 Å². The van der Waals surface area contributed by atoms with Crippen LogP contribution in [0.2, 0.25) is 0 Å². The zero-order valence-corrected chi connectivity index (χ0v) is 10.4. The normalized spacial score (nSPS) is 12.6. The first-order valence-electron chi connectivity index (χ1n) is 5.71. The van der Waals surface area contributed by atoms with Crippen LogP contribution < -0.4 is 4.74 Å². The molecular formula is C14H18O3. The van der Waals surface area contributed by atoms with Crippen LogP contribution in [-0.4, -0.2) is 17.2 Å². The van der Waals surface area contributed by atoms with E-state index < -0.39 is 5.97 Å². The third-order valence-corrected chi connectivity index (χ3v) is 2.56. The van der Waals surface area contributed by atoms with Crippen LogP contribution >= 0.6 is 0 Å². The summed E-state index contributed by atoms with van der Waals surface area (Å²) in [6, 6.07) is 5.65. The molecule has 1 aromatic carbocycles. The Morgan fingerprint density at radius 1 is 1.53 bits per heavy atom. The number of ether oxygens (including phenoxy) is 1.